The van der Waals surface area contributed by atoms with Crippen molar-refractivity contribution in [3.05, 3.63) is 193 Å². The van der Waals surface area contributed by atoms with E-state index >= 15 is 0 Å². The third kappa shape index (κ3) is 7.03. The second-order valence-corrected chi connectivity index (χ2v) is 13.7. The Morgan fingerprint density at radius 2 is 1.24 bits per heavy atom. The lowest BCUT2D eigenvalue weighted by molar-refractivity contribution is 0.292. The summed E-state index contributed by atoms with van der Waals surface area (Å²) in [5, 5.41) is 7.11. The molecule has 0 amide bonds. The van der Waals surface area contributed by atoms with Crippen LogP contribution >= 0.6 is 0 Å². The Balaban J connectivity index is 1.04. The minimum Gasteiger partial charge on any atom is -0.488 e. The van der Waals surface area contributed by atoms with E-state index in [0.717, 1.165) is 78.6 Å². The summed E-state index contributed by atoms with van der Waals surface area (Å²) in [6.45, 7) is 5.00. The summed E-state index contributed by atoms with van der Waals surface area (Å²) in [5.41, 5.74) is 9.07. The number of rotatable bonds is 11. The molecule has 0 aliphatic heterocycles. The molecule has 0 bridgehead atoms. The topological polar surface area (TPSA) is 63.3 Å². The first-order chi connectivity index (χ1) is 27.1. The van der Waals surface area contributed by atoms with Crippen molar-refractivity contribution in [3.8, 4) is 45.6 Å². The van der Waals surface area contributed by atoms with Crippen LogP contribution in [0, 0.1) is 13.8 Å². The molecule has 0 aliphatic rings. The molecule has 9 aromatic rings. The van der Waals surface area contributed by atoms with Crippen molar-refractivity contribution in [1.82, 2.24) is 19.3 Å². The van der Waals surface area contributed by atoms with Gasteiger partial charge in [0.2, 0.25) is 0 Å². The number of para-hydroxylation sites is 1. The lowest BCUT2D eigenvalue weighted by Crippen LogP contribution is -2.01. The molecule has 6 aromatic carbocycles. The number of nitrogens with zero attached hydrogens (tertiary/aromatic N) is 4. The summed E-state index contributed by atoms with van der Waals surface area (Å²) in [6, 6.07) is 51.2. The average molecular weight is 719 g/mol. The Morgan fingerprint density at radius 1 is 0.564 bits per heavy atom. The maximum absolute atomic E-state index is 6.54. The van der Waals surface area contributed by atoms with Gasteiger partial charge >= 0.3 is 0 Å². The first-order valence-corrected chi connectivity index (χ1v) is 18.3. The quantitative estimate of drug-likeness (QED) is 0.133. The molecule has 0 fully saturated rings. The van der Waals surface area contributed by atoms with Crippen LogP contribution in [0.1, 0.15) is 22.3 Å². The highest BCUT2D eigenvalue weighted by Gasteiger charge is 2.19. The van der Waals surface area contributed by atoms with Gasteiger partial charge in [0.25, 0.3) is 0 Å². The van der Waals surface area contributed by atoms with Crippen LogP contribution in [0.15, 0.2) is 170 Å². The molecule has 0 aliphatic carbocycles. The lowest BCUT2D eigenvalue weighted by atomic mass is 10.0. The zero-order valence-corrected chi connectivity index (χ0v) is 30.6. The second kappa shape index (κ2) is 14.7. The standard InChI is InChI=1S/C48H38N4O3/c1-33-22-23-49-47(26-33)52-43-19-10-9-18-41(43)42-21-20-40(28-44(42)52)55-39-17-11-16-38(27-39)51-30-37(29-50-51)48-45(53-31-35-12-5-3-6-13-35)24-34(2)25-46(48)54-32-36-14-7-4-8-15-36/h3-30H,31-32H2,1-2H3. The summed E-state index contributed by atoms with van der Waals surface area (Å²) in [7, 11) is 0. The molecular formula is C48H38N4O3. The SMILES string of the molecule is Cc1ccnc(-n2c3ccccc3c3ccc(Oc4cccc(-n5cc(-c6c(OCc7ccccc7)cc(C)cc6OCc6ccccc6)cn5)c4)cc32)c1. The Bertz CT molecular complexity index is 2710. The van der Waals surface area contributed by atoms with Crippen molar-refractivity contribution in [3.63, 3.8) is 0 Å². The van der Waals surface area contributed by atoms with E-state index in [2.05, 4.69) is 97.3 Å². The normalized spacial score (nSPS) is 11.2. The molecule has 0 N–H and O–H groups in total. The number of aromatic nitrogens is 4. The van der Waals surface area contributed by atoms with E-state index < -0.39 is 0 Å². The number of aryl methyl sites for hydroxylation is 2. The van der Waals surface area contributed by atoms with Crippen LogP contribution in [0.2, 0.25) is 0 Å². The number of hydrogen-bond acceptors (Lipinski definition) is 5. The Morgan fingerprint density at radius 3 is 1.96 bits per heavy atom. The number of ether oxygens (including phenoxy) is 3. The van der Waals surface area contributed by atoms with Crippen LogP contribution in [0.4, 0.5) is 0 Å². The summed E-state index contributed by atoms with van der Waals surface area (Å²) in [5.74, 6) is 3.76. The van der Waals surface area contributed by atoms with Crippen LogP contribution in [-0.2, 0) is 13.2 Å². The van der Waals surface area contributed by atoms with Gasteiger partial charge in [-0.05, 0) is 90.7 Å². The third-order valence-electron chi connectivity index (χ3n) is 9.65. The Kier molecular flexibility index (Phi) is 9.02. The van der Waals surface area contributed by atoms with E-state index in [4.69, 9.17) is 24.3 Å². The molecule has 3 heterocycles. The zero-order valence-electron chi connectivity index (χ0n) is 30.6. The van der Waals surface area contributed by atoms with Gasteiger partial charge in [-0.25, -0.2) is 9.67 Å². The molecular weight excluding hydrogens is 681 g/mol. The van der Waals surface area contributed by atoms with E-state index in [1.807, 2.05) is 96.1 Å². The first kappa shape index (κ1) is 33.7. The monoisotopic (exact) mass is 718 g/mol. The van der Waals surface area contributed by atoms with Gasteiger partial charge in [0, 0.05) is 40.9 Å². The predicted octanol–water partition coefficient (Wildman–Crippen LogP) is 11.6. The molecule has 0 saturated carbocycles. The van der Waals surface area contributed by atoms with E-state index in [1.165, 1.54) is 5.39 Å². The van der Waals surface area contributed by atoms with Gasteiger partial charge in [0.15, 0.2) is 0 Å². The lowest BCUT2D eigenvalue weighted by Gasteiger charge is -2.17. The van der Waals surface area contributed by atoms with Crippen LogP contribution in [-0.4, -0.2) is 19.3 Å². The number of fused-ring (bicyclic) bond motifs is 3. The van der Waals surface area contributed by atoms with Crippen LogP contribution < -0.4 is 14.2 Å². The van der Waals surface area contributed by atoms with Gasteiger partial charge in [-0.3, -0.25) is 4.57 Å². The van der Waals surface area contributed by atoms with Gasteiger partial charge in [-0.2, -0.15) is 5.10 Å². The molecule has 0 saturated heterocycles. The average Bonchev–Trinajstić information content (AvgIpc) is 3.83. The molecule has 268 valence electrons. The smallest absolute Gasteiger partial charge is 0.137 e. The third-order valence-corrected chi connectivity index (χ3v) is 9.65. The van der Waals surface area contributed by atoms with Crippen molar-refractivity contribution in [2.75, 3.05) is 0 Å². The van der Waals surface area contributed by atoms with Crippen LogP contribution in [0.25, 0.3) is 44.4 Å². The van der Waals surface area contributed by atoms with Crippen LogP contribution in [0.3, 0.4) is 0 Å². The zero-order chi connectivity index (χ0) is 37.1. The maximum atomic E-state index is 6.54. The Hall–Kier alpha value is -7.12. The molecule has 0 radical (unpaired) electrons. The highest BCUT2D eigenvalue weighted by Crippen LogP contribution is 2.41. The fraction of sp³-hybridized carbons (Fsp3) is 0.0833. The fourth-order valence-corrected chi connectivity index (χ4v) is 7.03. The van der Waals surface area contributed by atoms with Gasteiger partial charge in [0.05, 0.1) is 28.5 Å². The van der Waals surface area contributed by atoms with Crippen molar-refractivity contribution in [1.29, 1.82) is 0 Å². The minimum atomic E-state index is 0.428. The highest BCUT2D eigenvalue weighted by molar-refractivity contribution is 6.09. The molecule has 7 nitrogen and oxygen atoms in total. The summed E-state index contributed by atoms with van der Waals surface area (Å²) >= 11 is 0. The largest absolute Gasteiger partial charge is 0.488 e. The number of hydrogen-bond donors (Lipinski definition) is 0. The van der Waals surface area contributed by atoms with E-state index in [-0.39, 0.29) is 0 Å². The fourth-order valence-electron chi connectivity index (χ4n) is 7.03. The summed E-state index contributed by atoms with van der Waals surface area (Å²) < 4.78 is 23.6. The summed E-state index contributed by atoms with van der Waals surface area (Å²) in [4.78, 5) is 4.72. The van der Waals surface area contributed by atoms with Crippen molar-refractivity contribution in [2.24, 2.45) is 0 Å². The highest BCUT2D eigenvalue weighted by atomic mass is 16.5. The van der Waals surface area contributed by atoms with Gasteiger partial charge in [0.1, 0.15) is 42.0 Å². The molecule has 0 unspecified atom stereocenters. The molecule has 0 atom stereocenters. The van der Waals surface area contributed by atoms with E-state index in [0.29, 0.717) is 19.0 Å². The number of benzene rings is 6. The number of pyridine rings is 1. The molecule has 9 rings (SSSR count). The van der Waals surface area contributed by atoms with E-state index in [9.17, 15) is 0 Å². The second-order valence-electron chi connectivity index (χ2n) is 13.7. The Labute approximate surface area is 319 Å². The van der Waals surface area contributed by atoms with E-state index in [1.54, 1.807) is 0 Å². The molecule has 7 heteroatoms. The molecule has 55 heavy (non-hydrogen) atoms. The first-order valence-electron chi connectivity index (χ1n) is 18.3. The van der Waals surface area contributed by atoms with Crippen molar-refractivity contribution >= 4 is 21.8 Å². The van der Waals surface area contributed by atoms with Crippen molar-refractivity contribution < 1.29 is 14.2 Å². The van der Waals surface area contributed by atoms with Crippen LogP contribution in [0.5, 0.6) is 23.0 Å². The van der Waals surface area contributed by atoms with Gasteiger partial charge in [-0.1, -0.05) is 84.9 Å². The van der Waals surface area contributed by atoms with Gasteiger partial charge < -0.3 is 14.2 Å². The van der Waals surface area contributed by atoms with Gasteiger partial charge in [-0.15, -0.1) is 0 Å². The minimum absolute atomic E-state index is 0.428. The molecule has 3 aromatic heterocycles. The summed E-state index contributed by atoms with van der Waals surface area (Å²) in [6.07, 6.45) is 5.72. The molecule has 0 spiro atoms. The van der Waals surface area contributed by atoms with Crippen molar-refractivity contribution in [2.45, 2.75) is 27.1 Å². The maximum Gasteiger partial charge on any atom is 0.137 e. The predicted molar refractivity (Wildman–Crippen MR) is 219 cm³/mol.